The highest BCUT2D eigenvalue weighted by atomic mass is 16.5. The SMILES string of the molecule is COC(=O)C(C(=O)N(CC(C)=O)C(C)(C)C(=O)OCc1ccccc1)c1ccccc1C. The monoisotopic (exact) mass is 439 g/mol. The summed E-state index contributed by atoms with van der Waals surface area (Å²) in [7, 11) is 1.19. The summed E-state index contributed by atoms with van der Waals surface area (Å²) >= 11 is 0. The van der Waals surface area contributed by atoms with E-state index in [1.807, 2.05) is 30.3 Å². The second-order valence-electron chi connectivity index (χ2n) is 8.06. The molecule has 1 unspecified atom stereocenters. The molecule has 0 saturated heterocycles. The number of hydrogen-bond donors (Lipinski definition) is 0. The molecule has 2 rings (SSSR count). The van der Waals surface area contributed by atoms with Crippen LogP contribution in [0, 0.1) is 6.92 Å². The maximum Gasteiger partial charge on any atom is 0.331 e. The fourth-order valence-corrected chi connectivity index (χ4v) is 3.33. The summed E-state index contributed by atoms with van der Waals surface area (Å²) in [6, 6.07) is 16.0. The first kappa shape index (κ1) is 24.8. The number of carbonyl (C=O) groups is 4. The van der Waals surface area contributed by atoms with E-state index in [-0.39, 0.29) is 18.9 Å². The zero-order valence-electron chi connectivity index (χ0n) is 19.1. The van der Waals surface area contributed by atoms with E-state index in [2.05, 4.69) is 0 Å². The molecular weight excluding hydrogens is 410 g/mol. The fraction of sp³-hybridized carbons (Fsp3) is 0.360. The molecule has 1 amide bonds. The Morgan fingerprint density at radius 1 is 0.969 bits per heavy atom. The smallest absolute Gasteiger partial charge is 0.331 e. The molecule has 7 heteroatoms. The van der Waals surface area contributed by atoms with E-state index in [1.165, 1.54) is 27.9 Å². The van der Waals surface area contributed by atoms with Gasteiger partial charge in [0.2, 0.25) is 5.91 Å². The number of nitrogens with zero attached hydrogens (tertiary/aromatic N) is 1. The van der Waals surface area contributed by atoms with Gasteiger partial charge in [-0.3, -0.25) is 14.4 Å². The van der Waals surface area contributed by atoms with Crippen LogP contribution in [0.15, 0.2) is 54.6 Å². The van der Waals surface area contributed by atoms with Crippen molar-refractivity contribution in [3.63, 3.8) is 0 Å². The Morgan fingerprint density at radius 2 is 1.56 bits per heavy atom. The number of esters is 2. The van der Waals surface area contributed by atoms with Crippen LogP contribution >= 0.6 is 0 Å². The number of Topliss-reactive ketones (excluding diaryl/α,β-unsaturated/α-hetero) is 1. The van der Waals surface area contributed by atoms with Crippen LogP contribution < -0.4 is 0 Å². The maximum atomic E-state index is 13.6. The quantitative estimate of drug-likeness (QED) is 0.440. The van der Waals surface area contributed by atoms with Gasteiger partial charge in [0.1, 0.15) is 17.9 Å². The minimum absolute atomic E-state index is 0.0173. The summed E-state index contributed by atoms with van der Waals surface area (Å²) in [5.74, 6) is -3.82. The standard InChI is InChI=1S/C25H29NO6/c1-17-11-9-10-14-20(17)21(23(29)31-5)22(28)26(15-18(2)27)25(3,4)24(30)32-16-19-12-7-6-8-13-19/h6-14,21H,15-16H2,1-5H3. The molecule has 0 bridgehead atoms. The van der Waals surface area contributed by atoms with Gasteiger partial charge in [0.05, 0.1) is 13.7 Å². The van der Waals surface area contributed by atoms with Crippen molar-refractivity contribution in [2.75, 3.05) is 13.7 Å². The van der Waals surface area contributed by atoms with Crippen LogP contribution in [0.2, 0.25) is 0 Å². The predicted molar refractivity (Wildman–Crippen MR) is 119 cm³/mol. The Labute approximate surface area is 188 Å². The van der Waals surface area contributed by atoms with Crippen molar-refractivity contribution in [2.45, 2.75) is 45.8 Å². The normalized spacial score (nSPS) is 11.9. The predicted octanol–water partition coefficient (Wildman–Crippen LogP) is 3.19. The number of methoxy groups -OCH3 is 1. The Morgan fingerprint density at radius 3 is 2.12 bits per heavy atom. The minimum atomic E-state index is -1.51. The van der Waals surface area contributed by atoms with Crippen LogP contribution in [0.3, 0.4) is 0 Å². The first-order valence-corrected chi connectivity index (χ1v) is 10.2. The highest BCUT2D eigenvalue weighted by Gasteiger charge is 2.45. The molecule has 170 valence electrons. The molecule has 7 nitrogen and oxygen atoms in total. The zero-order chi connectivity index (χ0) is 23.9. The Balaban J connectivity index is 2.39. The van der Waals surface area contributed by atoms with Crippen molar-refractivity contribution in [3.8, 4) is 0 Å². The molecule has 0 heterocycles. The second-order valence-corrected chi connectivity index (χ2v) is 8.06. The summed E-state index contributed by atoms with van der Waals surface area (Å²) in [6.07, 6.45) is 0. The number of ether oxygens (including phenoxy) is 2. The van der Waals surface area contributed by atoms with Gasteiger partial charge in [-0.2, -0.15) is 0 Å². The van der Waals surface area contributed by atoms with Crippen LogP contribution in [0.25, 0.3) is 0 Å². The van der Waals surface area contributed by atoms with Crippen LogP contribution in [0.5, 0.6) is 0 Å². The number of aryl methyl sites for hydroxylation is 1. The van der Waals surface area contributed by atoms with Gasteiger partial charge in [0.25, 0.3) is 0 Å². The van der Waals surface area contributed by atoms with Gasteiger partial charge in [-0.15, -0.1) is 0 Å². The van der Waals surface area contributed by atoms with Gasteiger partial charge in [-0.1, -0.05) is 54.6 Å². The second kappa shape index (κ2) is 10.7. The summed E-state index contributed by atoms with van der Waals surface area (Å²) in [5, 5.41) is 0. The summed E-state index contributed by atoms with van der Waals surface area (Å²) in [5.41, 5.74) is 0.440. The summed E-state index contributed by atoms with van der Waals surface area (Å²) in [6.45, 7) is 5.73. The topological polar surface area (TPSA) is 90.0 Å². The lowest BCUT2D eigenvalue weighted by molar-refractivity contribution is -0.166. The summed E-state index contributed by atoms with van der Waals surface area (Å²) in [4.78, 5) is 52.3. The molecule has 0 N–H and O–H groups in total. The Kier molecular flexibility index (Phi) is 8.29. The largest absolute Gasteiger partial charge is 0.468 e. The van der Waals surface area contributed by atoms with Crippen LogP contribution in [-0.4, -0.2) is 47.7 Å². The highest BCUT2D eigenvalue weighted by molar-refractivity contribution is 6.06. The highest BCUT2D eigenvalue weighted by Crippen LogP contribution is 2.28. The van der Waals surface area contributed by atoms with E-state index in [9.17, 15) is 19.2 Å². The van der Waals surface area contributed by atoms with Crippen molar-refractivity contribution in [1.82, 2.24) is 4.90 Å². The number of hydrogen-bond acceptors (Lipinski definition) is 6. The van der Waals surface area contributed by atoms with Crippen molar-refractivity contribution >= 4 is 23.6 Å². The third-order valence-electron chi connectivity index (χ3n) is 5.22. The number of benzene rings is 2. The first-order valence-electron chi connectivity index (χ1n) is 10.2. The van der Waals surface area contributed by atoms with E-state index in [4.69, 9.17) is 9.47 Å². The lowest BCUT2D eigenvalue weighted by Crippen LogP contribution is -2.57. The molecule has 0 aliphatic heterocycles. The molecule has 2 aromatic carbocycles. The molecule has 32 heavy (non-hydrogen) atoms. The van der Waals surface area contributed by atoms with Gasteiger partial charge < -0.3 is 14.4 Å². The van der Waals surface area contributed by atoms with E-state index in [0.29, 0.717) is 11.1 Å². The lowest BCUT2D eigenvalue weighted by Gasteiger charge is -2.37. The molecule has 0 radical (unpaired) electrons. The molecule has 1 atom stereocenters. The first-order chi connectivity index (χ1) is 15.1. The third kappa shape index (κ3) is 5.81. The lowest BCUT2D eigenvalue weighted by atomic mass is 9.91. The van der Waals surface area contributed by atoms with Crippen LogP contribution in [-0.2, 0) is 35.3 Å². The number of rotatable bonds is 9. The van der Waals surface area contributed by atoms with Crippen molar-refractivity contribution < 1.29 is 28.7 Å². The van der Waals surface area contributed by atoms with Gasteiger partial charge in [-0.25, -0.2) is 4.79 Å². The average molecular weight is 440 g/mol. The Hall–Kier alpha value is -3.48. The van der Waals surface area contributed by atoms with Crippen LogP contribution in [0.1, 0.15) is 43.4 Å². The van der Waals surface area contributed by atoms with E-state index < -0.39 is 29.3 Å². The Bertz CT molecular complexity index is 983. The van der Waals surface area contributed by atoms with Crippen molar-refractivity contribution in [3.05, 3.63) is 71.3 Å². The van der Waals surface area contributed by atoms with Gasteiger partial charge in [-0.05, 0) is 44.4 Å². The minimum Gasteiger partial charge on any atom is -0.468 e. The molecule has 0 spiro atoms. The average Bonchev–Trinajstić information content (AvgIpc) is 2.77. The molecule has 2 aromatic rings. The van der Waals surface area contributed by atoms with Crippen LogP contribution in [0.4, 0.5) is 0 Å². The molecule has 0 saturated carbocycles. The number of amides is 1. The third-order valence-corrected chi connectivity index (χ3v) is 5.22. The zero-order valence-corrected chi connectivity index (χ0v) is 19.1. The molecule has 0 fully saturated rings. The molecule has 0 aliphatic carbocycles. The number of carbonyl (C=O) groups excluding carboxylic acids is 4. The van der Waals surface area contributed by atoms with Crippen molar-refractivity contribution in [2.24, 2.45) is 0 Å². The molecular formula is C25H29NO6. The molecule has 0 aliphatic rings. The fourth-order valence-electron chi connectivity index (χ4n) is 3.33. The van der Waals surface area contributed by atoms with Gasteiger partial charge in [0, 0.05) is 0 Å². The van der Waals surface area contributed by atoms with E-state index in [1.54, 1.807) is 31.2 Å². The number of ketones is 1. The van der Waals surface area contributed by atoms with E-state index in [0.717, 1.165) is 10.5 Å². The maximum absolute atomic E-state index is 13.6. The van der Waals surface area contributed by atoms with Crippen molar-refractivity contribution in [1.29, 1.82) is 0 Å². The molecule has 0 aromatic heterocycles. The van der Waals surface area contributed by atoms with Gasteiger partial charge >= 0.3 is 11.9 Å². The van der Waals surface area contributed by atoms with E-state index >= 15 is 0 Å². The van der Waals surface area contributed by atoms with Gasteiger partial charge in [0.15, 0.2) is 5.92 Å². The summed E-state index contributed by atoms with van der Waals surface area (Å²) < 4.78 is 10.3.